The highest BCUT2D eigenvalue weighted by molar-refractivity contribution is 9.10. The molecule has 0 fully saturated rings. The maximum Gasteiger partial charge on any atom is 0.352 e. The molecule has 3 heterocycles. The summed E-state index contributed by atoms with van der Waals surface area (Å²) in [6.45, 7) is 4.47. The van der Waals surface area contributed by atoms with E-state index in [1.165, 1.54) is 0 Å². The molecule has 0 saturated carbocycles. The summed E-state index contributed by atoms with van der Waals surface area (Å²) < 4.78 is 7.52. The van der Waals surface area contributed by atoms with Crippen molar-refractivity contribution in [3.63, 3.8) is 0 Å². The standard InChI is InChI=1S/C14H12BrN3O2/c1-8-11-9(2)18(7-10-3-5-16-6-4-10)17-13(11)20-14(19)12(8)15/h3-6H,7H2,1-2H3. The molecular weight excluding hydrogens is 322 g/mol. The van der Waals surface area contributed by atoms with E-state index in [1.807, 2.05) is 30.7 Å². The van der Waals surface area contributed by atoms with Gasteiger partial charge >= 0.3 is 5.63 Å². The van der Waals surface area contributed by atoms with Crippen molar-refractivity contribution in [2.75, 3.05) is 0 Å². The molecule has 0 atom stereocenters. The lowest BCUT2D eigenvalue weighted by Crippen LogP contribution is -2.03. The summed E-state index contributed by atoms with van der Waals surface area (Å²) in [5.74, 6) is 0. The average Bonchev–Trinajstić information content (AvgIpc) is 2.74. The Bertz CT molecular complexity index is 837. The normalized spacial score (nSPS) is 11.2. The van der Waals surface area contributed by atoms with Crippen molar-refractivity contribution < 1.29 is 4.42 Å². The number of aromatic nitrogens is 3. The Kier molecular flexibility index (Phi) is 3.17. The SMILES string of the molecule is Cc1c(Br)c(=O)oc2nn(Cc3ccncc3)c(C)c12. The van der Waals surface area contributed by atoms with E-state index in [4.69, 9.17) is 4.42 Å². The first kappa shape index (κ1) is 13.1. The van der Waals surface area contributed by atoms with E-state index in [9.17, 15) is 4.79 Å². The van der Waals surface area contributed by atoms with Crippen LogP contribution in [0.2, 0.25) is 0 Å². The molecule has 3 aromatic heterocycles. The van der Waals surface area contributed by atoms with Gasteiger partial charge in [-0.25, -0.2) is 4.79 Å². The number of halogens is 1. The maximum atomic E-state index is 11.7. The summed E-state index contributed by atoms with van der Waals surface area (Å²) in [7, 11) is 0. The average molecular weight is 334 g/mol. The molecule has 0 aliphatic carbocycles. The number of hydrogen-bond donors (Lipinski definition) is 0. The van der Waals surface area contributed by atoms with Crippen LogP contribution in [0.5, 0.6) is 0 Å². The molecule has 0 radical (unpaired) electrons. The van der Waals surface area contributed by atoms with Crippen LogP contribution >= 0.6 is 15.9 Å². The largest absolute Gasteiger partial charge is 0.401 e. The van der Waals surface area contributed by atoms with Crippen molar-refractivity contribution >= 4 is 27.0 Å². The fourth-order valence-corrected chi connectivity index (χ4v) is 2.51. The van der Waals surface area contributed by atoms with Crippen LogP contribution in [0, 0.1) is 13.8 Å². The van der Waals surface area contributed by atoms with Crippen LogP contribution in [-0.4, -0.2) is 14.8 Å². The van der Waals surface area contributed by atoms with Crippen LogP contribution < -0.4 is 5.63 Å². The monoisotopic (exact) mass is 333 g/mol. The first-order valence-electron chi connectivity index (χ1n) is 6.13. The Morgan fingerprint density at radius 1 is 1.30 bits per heavy atom. The highest BCUT2D eigenvalue weighted by atomic mass is 79.9. The van der Waals surface area contributed by atoms with Gasteiger partial charge in [0.1, 0.15) is 4.47 Å². The van der Waals surface area contributed by atoms with Crippen molar-refractivity contribution in [1.29, 1.82) is 0 Å². The smallest absolute Gasteiger partial charge is 0.352 e. The van der Waals surface area contributed by atoms with Gasteiger partial charge in [-0.3, -0.25) is 9.67 Å². The van der Waals surface area contributed by atoms with Gasteiger partial charge in [0.2, 0.25) is 5.71 Å². The zero-order valence-electron chi connectivity index (χ0n) is 11.1. The van der Waals surface area contributed by atoms with Crippen molar-refractivity contribution in [2.45, 2.75) is 20.4 Å². The molecule has 0 aliphatic heterocycles. The third-order valence-corrected chi connectivity index (χ3v) is 4.25. The summed E-state index contributed by atoms with van der Waals surface area (Å²) in [6.07, 6.45) is 3.49. The summed E-state index contributed by atoms with van der Waals surface area (Å²) in [4.78, 5) is 15.7. The number of rotatable bonds is 2. The van der Waals surface area contributed by atoms with Crippen LogP contribution in [0.15, 0.2) is 38.2 Å². The first-order chi connectivity index (χ1) is 9.58. The molecule has 102 valence electrons. The van der Waals surface area contributed by atoms with E-state index in [2.05, 4.69) is 26.0 Å². The highest BCUT2D eigenvalue weighted by Gasteiger charge is 2.16. The maximum absolute atomic E-state index is 11.7. The van der Waals surface area contributed by atoms with E-state index in [1.54, 1.807) is 12.4 Å². The number of aryl methyl sites for hydroxylation is 2. The van der Waals surface area contributed by atoms with Crippen LogP contribution in [0.25, 0.3) is 11.1 Å². The fourth-order valence-electron chi connectivity index (χ4n) is 2.23. The Balaban J connectivity index is 2.17. The molecule has 0 aliphatic rings. The van der Waals surface area contributed by atoms with Crippen LogP contribution in [0.4, 0.5) is 0 Å². The molecule has 6 heteroatoms. The molecule has 5 nitrogen and oxygen atoms in total. The van der Waals surface area contributed by atoms with E-state index < -0.39 is 5.63 Å². The molecule has 3 rings (SSSR count). The van der Waals surface area contributed by atoms with E-state index in [0.29, 0.717) is 16.7 Å². The lowest BCUT2D eigenvalue weighted by atomic mass is 10.2. The Hall–Kier alpha value is -1.95. The molecule has 0 aromatic carbocycles. The van der Waals surface area contributed by atoms with Gasteiger partial charge in [-0.15, -0.1) is 5.10 Å². The zero-order chi connectivity index (χ0) is 14.3. The summed E-state index contributed by atoms with van der Waals surface area (Å²) in [5.41, 5.74) is 2.90. The molecule has 0 saturated heterocycles. The zero-order valence-corrected chi connectivity index (χ0v) is 12.6. The minimum Gasteiger partial charge on any atom is -0.401 e. The number of nitrogens with zero attached hydrogens (tertiary/aromatic N) is 3. The van der Waals surface area contributed by atoms with Crippen LogP contribution in [-0.2, 0) is 6.54 Å². The van der Waals surface area contributed by atoms with E-state index in [-0.39, 0.29) is 0 Å². The van der Waals surface area contributed by atoms with Crippen molar-refractivity contribution in [3.05, 3.63) is 56.2 Å². The fraction of sp³-hybridized carbons (Fsp3) is 0.214. The summed E-state index contributed by atoms with van der Waals surface area (Å²) >= 11 is 3.26. The number of fused-ring (bicyclic) bond motifs is 1. The van der Waals surface area contributed by atoms with Gasteiger partial charge in [-0.05, 0) is 53.0 Å². The molecule has 0 unspecified atom stereocenters. The van der Waals surface area contributed by atoms with Crippen LogP contribution in [0.3, 0.4) is 0 Å². The summed E-state index contributed by atoms with van der Waals surface area (Å²) in [5, 5.41) is 5.26. The van der Waals surface area contributed by atoms with Gasteiger partial charge in [0.05, 0.1) is 11.9 Å². The molecule has 0 amide bonds. The topological polar surface area (TPSA) is 60.9 Å². The molecule has 0 bridgehead atoms. The van der Waals surface area contributed by atoms with Crippen molar-refractivity contribution in [1.82, 2.24) is 14.8 Å². The second-order valence-electron chi connectivity index (χ2n) is 4.61. The first-order valence-corrected chi connectivity index (χ1v) is 6.92. The molecule has 0 spiro atoms. The summed E-state index contributed by atoms with van der Waals surface area (Å²) in [6, 6.07) is 3.87. The Morgan fingerprint density at radius 3 is 2.70 bits per heavy atom. The van der Waals surface area contributed by atoms with Crippen LogP contribution in [0.1, 0.15) is 16.8 Å². The molecule has 0 N–H and O–H groups in total. The van der Waals surface area contributed by atoms with Gasteiger partial charge in [0.25, 0.3) is 0 Å². The van der Waals surface area contributed by atoms with Gasteiger partial charge in [0.15, 0.2) is 0 Å². The second-order valence-corrected chi connectivity index (χ2v) is 5.40. The van der Waals surface area contributed by atoms with Crippen molar-refractivity contribution in [2.24, 2.45) is 0 Å². The quantitative estimate of drug-likeness (QED) is 0.723. The molecular formula is C14H12BrN3O2. The third-order valence-electron chi connectivity index (χ3n) is 3.33. The number of hydrogen-bond acceptors (Lipinski definition) is 4. The van der Waals surface area contributed by atoms with Gasteiger partial charge < -0.3 is 4.42 Å². The van der Waals surface area contributed by atoms with Gasteiger partial charge in [-0.2, -0.15) is 0 Å². The molecule has 3 aromatic rings. The van der Waals surface area contributed by atoms with Crippen molar-refractivity contribution in [3.8, 4) is 0 Å². The molecule has 20 heavy (non-hydrogen) atoms. The van der Waals surface area contributed by atoms with Gasteiger partial charge in [0, 0.05) is 18.1 Å². The Labute approximate surface area is 123 Å². The third kappa shape index (κ3) is 2.06. The highest BCUT2D eigenvalue weighted by Crippen LogP contribution is 2.25. The predicted molar refractivity (Wildman–Crippen MR) is 78.8 cm³/mol. The van der Waals surface area contributed by atoms with Gasteiger partial charge in [-0.1, -0.05) is 0 Å². The predicted octanol–water partition coefficient (Wildman–Crippen LogP) is 2.81. The minimum atomic E-state index is -0.399. The Morgan fingerprint density at radius 2 is 2.00 bits per heavy atom. The minimum absolute atomic E-state index is 0.377. The second kappa shape index (κ2) is 4.86. The van der Waals surface area contributed by atoms with E-state index >= 15 is 0 Å². The lowest BCUT2D eigenvalue weighted by Gasteiger charge is -2.04. The lowest BCUT2D eigenvalue weighted by molar-refractivity contribution is 0.531. The van der Waals surface area contributed by atoms with E-state index in [0.717, 1.165) is 22.2 Å². The number of pyridine rings is 1.